The molecule has 0 saturated heterocycles. The van der Waals surface area contributed by atoms with Crippen LogP contribution in [0.1, 0.15) is 6.92 Å². The van der Waals surface area contributed by atoms with Gasteiger partial charge in [-0.1, -0.05) is 22.0 Å². The van der Waals surface area contributed by atoms with Gasteiger partial charge in [0, 0.05) is 11.0 Å². The van der Waals surface area contributed by atoms with Crippen molar-refractivity contribution in [2.24, 2.45) is 0 Å². The van der Waals surface area contributed by atoms with E-state index in [4.69, 9.17) is 4.74 Å². The molecule has 1 aromatic rings. The lowest BCUT2D eigenvalue weighted by molar-refractivity contribution is 0.152. The average Bonchev–Trinajstić information content (AvgIpc) is 2.33. The number of rotatable bonds is 6. The molecule has 1 aromatic carbocycles. The van der Waals surface area contributed by atoms with Crippen LogP contribution < -0.4 is 9.62 Å². The average molecular weight is 365 g/mol. The minimum absolute atomic E-state index is 0.133. The van der Waals surface area contributed by atoms with Crippen LogP contribution in [0.25, 0.3) is 0 Å². The second-order valence-electron chi connectivity index (χ2n) is 3.96. The highest BCUT2D eigenvalue weighted by Crippen LogP contribution is 2.21. The number of carbonyl (C=O) groups excluding carboxylic acids is 1. The molecule has 0 aromatic heterocycles. The molecular formula is C12H17BrN2O4S. The number of alkyl carbamates (subject to hydrolysis) is 1. The number of benzene rings is 1. The third-order valence-electron chi connectivity index (χ3n) is 2.36. The molecule has 0 spiro atoms. The first-order chi connectivity index (χ1) is 9.34. The molecule has 0 heterocycles. The minimum Gasteiger partial charge on any atom is -0.450 e. The molecule has 1 N–H and O–H groups in total. The molecule has 0 radical (unpaired) electrons. The predicted molar refractivity (Wildman–Crippen MR) is 81.4 cm³/mol. The summed E-state index contributed by atoms with van der Waals surface area (Å²) in [5.74, 6) is 0. The standard InChI is InChI=1S/C12H17BrN2O4S/c1-3-19-12(16)14-7-8-15(20(2,17)18)11-6-4-5-10(13)9-11/h4-6,9H,3,7-8H2,1-2H3,(H,14,16). The van der Waals surface area contributed by atoms with E-state index < -0.39 is 16.1 Å². The van der Waals surface area contributed by atoms with Gasteiger partial charge in [-0.3, -0.25) is 4.31 Å². The molecule has 8 heteroatoms. The highest BCUT2D eigenvalue weighted by Gasteiger charge is 2.17. The number of nitrogens with zero attached hydrogens (tertiary/aromatic N) is 1. The minimum atomic E-state index is -3.42. The normalized spacial score (nSPS) is 10.9. The Bertz CT molecular complexity index is 562. The molecule has 0 fully saturated rings. The summed E-state index contributed by atoms with van der Waals surface area (Å²) in [5, 5.41) is 2.49. The zero-order chi connectivity index (χ0) is 15.2. The molecule has 0 unspecified atom stereocenters. The van der Waals surface area contributed by atoms with Gasteiger partial charge in [0.25, 0.3) is 0 Å². The lowest BCUT2D eigenvalue weighted by Crippen LogP contribution is -2.38. The number of carbonyl (C=O) groups is 1. The van der Waals surface area contributed by atoms with Crippen molar-refractivity contribution in [1.29, 1.82) is 0 Å². The second kappa shape index (κ2) is 7.49. The maximum Gasteiger partial charge on any atom is 0.407 e. The first-order valence-corrected chi connectivity index (χ1v) is 8.62. The van der Waals surface area contributed by atoms with Gasteiger partial charge in [-0.05, 0) is 25.1 Å². The van der Waals surface area contributed by atoms with Crippen molar-refractivity contribution in [3.05, 3.63) is 28.7 Å². The highest BCUT2D eigenvalue weighted by atomic mass is 79.9. The Hall–Kier alpha value is -1.28. The van der Waals surface area contributed by atoms with E-state index >= 15 is 0 Å². The summed E-state index contributed by atoms with van der Waals surface area (Å²) in [4.78, 5) is 11.2. The fourth-order valence-corrected chi connectivity index (χ4v) is 2.87. The lowest BCUT2D eigenvalue weighted by Gasteiger charge is -2.22. The maximum absolute atomic E-state index is 11.8. The number of hydrogen-bond acceptors (Lipinski definition) is 4. The number of hydrogen-bond donors (Lipinski definition) is 1. The van der Waals surface area contributed by atoms with Gasteiger partial charge < -0.3 is 10.1 Å². The van der Waals surface area contributed by atoms with Crippen molar-refractivity contribution in [3.8, 4) is 0 Å². The van der Waals surface area contributed by atoms with Crippen molar-refractivity contribution in [1.82, 2.24) is 5.32 Å². The lowest BCUT2D eigenvalue weighted by atomic mass is 10.3. The Morgan fingerprint density at radius 3 is 2.70 bits per heavy atom. The van der Waals surface area contributed by atoms with Crippen LogP contribution in [0, 0.1) is 0 Å². The van der Waals surface area contributed by atoms with Crippen LogP contribution in [-0.4, -0.2) is 40.5 Å². The molecule has 0 aliphatic heterocycles. The van der Waals surface area contributed by atoms with Gasteiger partial charge in [0.15, 0.2) is 0 Å². The first kappa shape index (κ1) is 16.8. The van der Waals surface area contributed by atoms with E-state index in [2.05, 4.69) is 21.2 Å². The fraction of sp³-hybridized carbons (Fsp3) is 0.417. The van der Waals surface area contributed by atoms with E-state index in [0.717, 1.165) is 10.7 Å². The molecule has 112 valence electrons. The number of nitrogens with one attached hydrogen (secondary N) is 1. The molecule has 1 amide bonds. The van der Waals surface area contributed by atoms with E-state index in [-0.39, 0.29) is 19.7 Å². The van der Waals surface area contributed by atoms with Gasteiger partial charge in [-0.15, -0.1) is 0 Å². The van der Waals surface area contributed by atoms with Crippen molar-refractivity contribution in [3.63, 3.8) is 0 Å². The SMILES string of the molecule is CCOC(=O)NCCN(c1cccc(Br)c1)S(C)(=O)=O. The summed E-state index contributed by atoms with van der Waals surface area (Å²) in [7, 11) is -3.42. The Morgan fingerprint density at radius 2 is 2.15 bits per heavy atom. The Kier molecular flexibility index (Phi) is 6.28. The molecule has 0 atom stereocenters. The van der Waals surface area contributed by atoms with Crippen molar-refractivity contribution in [2.75, 3.05) is 30.3 Å². The van der Waals surface area contributed by atoms with Gasteiger partial charge in [-0.2, -0.15) is 0 Å². The van der Waals surface area contributed by atoms with Crippen LogP contribution >= 0.6 is 15.9 Å². The molecule has 6 nitrogen and oxygen atoms in total. The molecule has 0 aliphatic rings. The largest absolute Gasteiger partial charge is 0.450 e. The van der Waals surface area contributed by atoms with Crippen molar-refractivity contribution in [2.45, 2.75) is 6.92 Å². The zero-order valence-corrected chi connectivity index (χ0v) is 13.7. The summed E-state index contributed by atoms with van der Waals surface area (Å²) >= 11 is 3.30. The summed E-state index contributed by atoms with van der Waals surface area (Å²) in [6.07, 6.45) is 0.563. The fourth-order valence-electron chi connectivity index (χ4n) is 1.56. The third kappa shape index (κ3) is 5.38. The Balaban J connectivity index is 2.75. The van der Waals surface area contributed by atoms with Crippen molar-refractivity contribution >= 4 is 37.7 Å². The van der Waals surface area contributed by atoms with Gasteiger partial charge in [0.05, 0.1) is 25.1 Å². The van der Waals surface area contributed by atoms with Crippen LogP contribution in [0.3, 0.4) is 0 Å². The zero-order valence-electron chi connectivity index (χ0n) is 11.3. The Labute approximate surface area is 127 Å². The van der Waals surface area contributed by atoms with Crippen LogP contribution in [0.15, 0.2) is 28.7 Å². The Morgan fingerprint density at radius 1 is 1.45 bits per heavy atom. The smallest absolute Gasteiger partial charge is 0.407 e. The first-order valence-electron chi connectivity index (χ1n) is 5.98. The van der Waals surface area contributed by atoms with E-state index in [0.29, 0.717) is 5.69 Å². The van der Waals surface area contributed by atoms with E-state index in [1.54, 1.807) is 31.2 Å². The number of ether oxygens (including phenoxy) is 1. The molecule has 0 bridgehead atoms. The second-order valence-corrected chi connectivity index (χ2v) is 6.78. The molecule has 20 heavy (non-hydrogen) atoms. The van der Waals surface area contributed by atoms with Gasteiger partial charge in [0.1, 0.15) is 0 Å². The van der Waals surface area contributed by atoms with E-state index in [1.165, 1.54) is 4.31 Å². The molecule has 1 rings (SSSR count). The van der Waals surface area contributed by atoms with Crippen LogP contribution in [0.4, 0.5) is 10.5 Å². The highest BCUT2D eigenvalue weighted by molar-refractivity contribution is 9.10. The summed E-state index contributed by atoms with van der Waals surface area (Å²) in [6, 6.07) is 6.94. The number of amides is 1. The number of halogens is 1. The van der Waals surface area contributed by atoms with Crippen LogP contribution in [0.5, 0.6) is 0 Å². The van der Waals surface area contributed by atoms with Gasteiger partial charge in [0.2, 0.25) is 10.0 Å². The topological polar surface area (TPSA) is 75.7 Å². The monoisotopic (exact) mass is 364 g/mol. The number of sulfonamides is 1. The van der Waals surface area contributed by atoms with E-state index in [1.807, 2.05) is 0 Å². The van der Waals surface area contributed by atoms with Crippen LogP contribution in [-0.2, 0) is 14.8 Å². The summed E-state index contributed by atoms with van der Waals surface area (Å²) in [5.41, 5.74) is 0.535. The van der Waals surface area contributed by atoms with Crippen molar-refractivity contribution < 1.29 is 17.9 Å². The van der Waals surface area contributed by atoms with E-state index in [9.17, 15) is 13.2 Å². The van der Waals surface area contributed by atoms with Gasteiger partial charge in [-0.25, -0.2) is 13.2 Å². The predicted octanol–water partition coefficient (Wildman–Crippen LogP) is 1.96. The van der Waals surface area contributed by atoms with Gasteiger partial charge >= 0.3 is 6.09 Å². The molecular weight excluding hydrogens is 348 g/mol. The number of anilines is 1. The summed E-state index contributed by atoms with van der Waals surface area (Å²) < 4.78 is 30.3. The third-order valence-corrected chi connectivity index (χ3v) is 4.04. The summed E-state index contributed by atoms with van der Waals surface area (Å²) in [6.45, 7) is 2.27. The quantitative estimate of drug-likeness (QED) is 0.836. The molecule has 0 saturated carbocycles. The van der Waals surface area contributed by atoms with Crippen LogP contribution in [0.2, 0.25) is 0 Å². The maximum atomic E-state index is 11.8. The molecule has 0 aliphatic carbocycles.